The molecule has 23 heavy (non-hydrogen) atoms. The van der Waals surface area contributed by atoms with E-state index in [-0.39, 0.29) is 12.7 Å². The fourth-order valence-corrected chi connectivity index (χ4v) is 2.75. The van der Waals surface area contributed by atoms with Gasteiger partial charge < -0.3 is 14.2 Å². The number of rotatable bonds is 3. The minimum absolute atomic E-state index is 0.127. The number of hydrogen-bond acceptors (Lipinski definition) is 5. The first kappa shape index (κ1) is 15.4. The molecule has 1 saturated heterocycles. The summed E-state index contributed by atoms with van der Waals surface area (Å²) < 4.78 is 16.0. The van der Waals surface area contributed by atoms with Crippen LogP contribution in [-0.2, 0) is 20.8 Å². The van der Waals surface area contributed by atoms with Gasteiger partial charge >= 0.3 is 12.2 Å². The van der Waals surface area contributed by atoms with Crippen molar-refractivity contribution in [3.05, 3.63) is 48.0 Å². The molecule has 3 atom stereocenters. The number of carbonyl (C=O) groups is 2. The molecular formula is C16H18N2O5. The van der Waals surface area contributed by atoms with Crippen molar-refractivity contribution in [1.82, 2.24) is 10.0 Å². The van der Waals surface area contributed by atoms with E-state index in [0.29, 0.717) is 0 Å². The fourth-order valence-electron chi connectivity index (χ4n) is 2.75. The van der Waals surface area contributed by atoms with Crippen LogP contribution in [0.25, 0.3) is 0 Å². The van der Waals surface area contributed by atoms with Gasteiger partial charge in [0.1, 0.15) is 24.9 Å². The number of fused-ring (bicyclic) bond motifs is 1. The Labute approximate surface area is 134 Å². The summed E-state index contributed by atoms with van der Waals surface area (Å²) in [6.07, 6.45) is 1.38. The zero-order chi connectivity index (χ0) is 16.4. The van der Waals surface area contributed by atoms with Crippen molar-refractivity contribution < 1.29 is 23.8 Å². The molecule has 1 fully saturated rings. The lowest BCUT2D eigenvalue weighted by atomic mass is 10.1. The molecule has 2 aliphatic rings. The van der Waals surface area contributed by atoms with Crippen LogP contribution in [0.1, 0.15) is 5.56 Å². The number of methoxy groups -OCH3 is 1. The number of hydrazine groups is 1. The van der Waals surface area contributed by atoms with Gasteiger partial charge in [0.25, 0.3) is 0 Å². The maximum absolute atomic E-state index is 12.5. The van der Waals surface area contributed by atoms with Gasteiger partial charge in [-0.25, -0.2) is 19.6 Å². The third-order valence-electron chi connectivity index (χ3n) is 3.93. The van der Waals surface area contributed by atoms with Crippen molar-refractivity contribution in [3.63, 3.8) is 0 Å². The Morgan fingerprint density at radius 1 is 1.26 bits per heavy atom. The number of nitrogens with zero attached hydrogens (tertiary/aromatic N) is 2. The lowest BCUT2D eigenvalue weighted by Gasteiger charge is -2.43. The van der Waals surface area contributed by atoms with Crippen LogP contribution >= 0.6 is 0 Å². The smallest absolute Gasteiger partial charge is 0.429 e. The zero-order valence-electron chi connectivity index (χ0n) is 12.9. The van der Waals surface area contributed by atoms with Gasteiger partial charge in [0.15, 0.2) is 0 Å². The molecule has 1 aromatic carbocycles. The van der Waals surface area contributed by atoms with Crippen LogP contribution in [0, 0.1) is 0 Å². The maximum atomic E-state index is 12.5. The van der Waals surface area contributed by atoms with E-state index in [2.05, 4.69) is 0 Å². The van der Waals surface area contributed by atoms with Crippen LogP contribution in [0.2, 0.25) is 0 Å². The Bertz CT molecular complexity index is 618. The second-order valence-electron chi connectivity index (χ2n) is 5.33. The van der Waals surface area contributed by atoms with Gasteiger partial charge in [-0.05, 0) is 11.6 Å². The van der Waals surface area contributed by atoms with Crippen LogP contribution in [0.4, 0.5) is 9.59 Å². The second-order valence-corrected chi connectivity index (χ2v) is 5.33. The minimum atomic E-state index is -0.617. The standard InChI is InChI=1S/C16H18N2O5/c1-17-15(19)23-13-9-8-12(21-2)14(13)18(17)16(20)22-10-11-6-4-3-5-7-11/h3-9,12-14H,10H2,1-2H3/t12-,13-,14+/m0/s1. The highest BCUT2D eigenvalue weighted by molar-refractivity contribution is 5.76. The van der Waals surface area contributed by atoms with Crippen LogP contribution < -0.4 is 0 Å². The Hall–Kier alpha value is -2.54. The van der Waals surface area contributed by atoms with Crippen molar-refractivity contribution in [2.75, 3.05) is 14.2 Å². The first-order valence-electron chi connectivity index (χ1n) is 7.27. The van der Waals surface area contributed by atoms with Crippen LogP contribution in [0.15, 0.2) is 42.5 Å². The summed E-state index contributed by atoms with van der Waals surface area (Å²) >= 11 is 0. The monoisotopic (exact) mass is 318 g/mol. The number of ether oxygens (including phenoxy) is 3. The van der Waals surface area contributed by atoms with Crippen LogP contribution in [0.5, 0.6) is 0 Å². The van der Waals surface area contributed by atoms with Gasteiger partial charge in [-0.3, -0.25) is 0 Å². The number of hydrogen-bond donors (Lipinski definition) is 0. The van der Waals surface area contributed by atoms with Gasteiger partial charge in [-0.1, -0.05) is 36.4 Å². The van der Waals surface area contributed by atoms with E-state index in [4.69, 9.17) is 14.2 Å². The molecule has 0 unspecified atom stereocenters. The molecule has 3 rings (SSSR count). The average molecular weight is 318 g/mol. The molecule has 1 heterocycles. The summed E-state index contributed by atoms with van der Waals surface area (Å²) in [5, 5.41) is 2.38. The SMILES string of the molecule is CO[C@H]1C=C[C@@H]2OC(=O)N(C)N(C(=O)OCc3ccccc3)[C@H]12. The molecule has 0 saturated carbocycles. The molecule has 7 heteroatoms. The molecule has 0 aromatic heterocycles. The summed E-state index contributed by atoms with van der Waals surface area (Å²) in [6, 6.07) is 8.87. The fraction of sp³-hybridized carbons (Fsp3) is 0.375. The molecule has 1 aliphatic carbocycles. The highest BCUT2D eigenvalue weighted by Crippen LogP contribution is 2.29. The van der Waals surface area contributed by atoms with Gasteiger partial charge in [0.2, 0.25) is 0 Å². The first-order valence-corrected chi connectivity index (χ1v) is 7.27. The molecule has 0 radical (unpaired) electrons. The van der Waals surface area contributed by atoms with Crippen LogP contribution in [-0.4, -0.2) is 54.6 Å². The summed E-state index contributed by atoms with van der Waals surface area (Å²) in [6.45, 7) is 0.127. The van der Waals surface area contributed by atoms with E-state index in [1.54, 1.807) is 19.3 Å². The quantitative estimate of drug-likeness (QED) is 0.797. The topological polar surface area (TPSA) is 68.3 Å². The van der Waals surface area contributed by atoms with Crippen molar-refractivity contribution >= 4 is 12.2 Å². The van der Waals surface area contributed by atoms with Crippen molar-refractivity contribution in [2.45, 2.75) is 24.9 Å². The molecule has 2 amide bonds. The minimum Gasteiger partial charge on any atom is -0.443 e. The van der Waals surface area contributed by atoms with Crippen molar-refractivity contribution in [1.29, 1.82) is 0 Å². The van der Waals surface area contributed by atoms with E-state index in [1.165, 1.54) is 12.1 Å². The van der Waals surface area contributed by atoms with E-state index < -0.39 is 24.3 Å². The number of amides is 2. The highest BCUT2D eigenvalue weighted by Gasteiger charge is 2.49. The van der Waals surface area contributed by atoms with Crippen molar-refractivity contribution in [2.24, 2.45) is 0 Å². The number of benzene rings is 1. The summed E-state index contributed by atoms with van der Waals surface area (Å²) in [7, 11) is 3.01. The number of carbonyl (C=O) groups excluding carboxylic acids is 2. The van der Waals surface area contributed by atoms with Gasteiger partial charge in [-0.15, -0.1) is 0 Å². The van der Waals surface area contributed by atoms with Gasteiger partial charge in [-0.2, -0.15) is 0 Å². The molecule has 1 aliphatic heterocycles. The van der Waals surface area contributed by atoms with E-state index in [9.17, 15) is 9.59 Å². The molecule has 122 valence electrons. The molecular weight excluding hydrogens is 300 g/mol. The molecule has 0 N–H and O–H groups in total. The summed E-state index contributed by atoms with van der Waals surface area (Å²) in [5.74, 6) is 0. The summed E-state index contributed by atoms with van der Waals surface area (Å²) in [4.78, 5) is 24.4. The second kappa shape index (κ2) is 6.29. The molecule has 0 spiro atoms. The predicted octanol–water partition coefficient (Wildman–Crippen LogP) is 1.94. The third kappa shape index (κ3) is 2.87. The Morgan fingerprint density at radius 3 is 2.70 bits per heavy atom. The Balaban J connectivity index is 1.74. The van der Waals surface area contributed by atoms with E-state index in [0.717, 1.165) is 10.6 Å². The molecule has 0 bridgehead atoms. The van der Waals surface area contributed by atoms with Crippen molar-refractivity contribution in [3.8, 4) is 0 Å². The zero-order valence-corrected chi connectivity index (χ0v) is 12.9. The lowest BCUT2D eigenvalue weighted by Crippen LogP contribution is -2.64. The van der Waals surface area contributed by atoms with Gasteiger partial charge in [0, 0.05) is 14.2 Å². The normalized spacial score (nSPS) is 26.0. The molecule has 7 nitrogen and oxygen atoms in total. The van der Waals surface area contributed by atoms with Gasteiger partial charge in [0.05, 0.1) is 0 Å². The third-order valence-corrected chi connectivity index (χ3v) is 3.93. The molecule has 1 aromatic rings. The average Bonchev–Trinajstić information content (AvgIpc) is 2.97. The maximum Gasteiger partial charge on any atom is 0.429 e. The van der Waals surface area contributed by atoms with E-state index in [1.807, 2.05) is 30.3 Å². The first-order chi connectivity index (χ1) is 11.1. The predicted molar refractivity (Wildman–Crippen MR) is 80.2 cm³/mol. The highest BCUT2D eigenvalue weighted by atomic mass is 16.6. The lowest BCUT2D eigenvalue weighted by molar-refractivity contribution is -0.122. The largest absolute Gasteiger partial charge is 0.443 e. The summed E-state index contributed by atoms with van der Waals surface area (Å²) in [5.41, 5.74) is 0.868. The van der Waals surface area contributed by atoms with Crippen LogP contribution in [0.3, 0.4) is 0 Å². The Morgan fingerprint density at radius 2 is 2.00 bits per heavy atom. The Kier molecular flexibility index (Phi) is 4.20. The van der Waals surface area contributed by atoms with E-state index >= 15 is 0 Å².